The predicted molar refractivity (Wildman–Crippen MR) is 138 cm³/mol. The van der Waals surface area contributed by atoms with E-state index in [9.17, 15) is 9.59 Å². The van der Waals surface area contributed by atoms with Crippen molar-refractivity contribution in [3.8, 4) is 33.6 Å². The van der Waals surface area contributed by atoms with Crippen LogP contribution < -0.4 is 24.4 Å². The van der Waals surface area contributed by atoms with Crippen molar-refractivity contribution in [1.29, 1.82) is 0 Å². The minimum absolute atomic E-state index is 0.0942. The Morgan fingerprint density at radius 1 is 1.14 bits per heavy atom. The first-order valence-corrected chi connectivity index (χ1v) is 12.5. The van der Waals surface area contributed by atoms with Crippen LogP contribution in [-0.4, -0.2) is 47.0 Å². The molecule has 10 nitrogen and oxygen atoms in total. The number of benzene rings is 2. The number of methoxy groups -OCH3 is 1. The van der Waals surface area contributed by atoms with Crippen LogP contribution in [0.5, 0.6) is 17.2 Å². The number of aryl methyl sites for hydroxylation is 1. The van der Waals surface area contributed by atoms with E-state index in [-0.39, 0.29) is 25.0 Å². The molecule has 2 aromatic heterocycles. The molecule has 0 radical (unpaired) electrons. The van der Waals surface area contributed by atoms with E-state index in [0.717, 1.165) is 22.6 Å². The van der Waals surface area contributed by atoms with Crippen LogP contribution in [0.15, 0.2) is 53.9 Å². The van der Waals surface area contributed by atoms with Gasteiger partial charge in [-0.3, -0.25) is 9.59 Å². The summed E-state index contributed by atoms with van der Waals surface area (Å²) in [6.07, 6.45) is 0.135. The molecule has 0 spiro atoms. The number of hydrogen-bond acceptors (Lipinski definition) is 8. The fraction of sp³-hybridized carbons (Fsp3) is 0.231. The third-order valence-corrected chi connectivity index (χ3v) is 7.12. The molecule has 0 aliphatic carbocycles. The first-order valence-electron chi connectivity index (χ1n) is 11.7. The predicted octanol–water partition coefficient (Wildman–Crippen LogP) is 4.03. The zero-order valence-corrected chi connectivity index (χ0v) is 20.9. The summed E-state index contributed by atoms with van der Waals surface area (Å²) < 4.78 is 17.7. The van der Waals surface area contributed by atoms with Crippen molar-refractivity contribution in [3.63, 3.8) is 0 Å². The Bertz CT molecular complexity index is 1500. The molecule has 4 aromatic rings. The lowest BCUT2D eigenvalue weighted by Gasteiger charge is -2.17. The van der Waals surface area contributed by atoms with Crippen molar-refractivity contribution in [1.82, 2.24) is 14.8 Å². The van der Waals surface area contributed by atoms with E-state index in [2.05, 4.69) is 10.4 Å². The molecule has 1 unspecified atom stereocenters. The Morgan fingerprint density at radius 2 is 1.95 bits per heavy atom. The maximum atomic E-state index is 13.2. The maximum Gasteiger partial charge on any atom is 0.231 e. The van der Waals surface area contributed by atoms with Crippen LogP contribution >= 0.6 is 11.3 Å². The molecule has 1 atom stereocenters. The van der Waals surface area contributed by atoms with Gasteiger partial charge >= 0.3 is 0 Å². The SMILES string of the molecule is COc1ccc(N2CC(C(=O)Nc3cc(C)nn3-c3nc(-c4ccc5c(c4)OCO5)cs3)CC2=O)cc1. The fourth-order valence-corrected chi connectivity index (χ4v) is 5.20. The van der Waals surface area contributed by atoms with Gasteiger partial charge in [0.05, 0.1) is 24.4 Å². The first-order chi connectivity index (χ1) is 18.0. The Labute approximate surface area is 216 Å². The van der Waals surface area contributed by atoms with Crippen molar-refractivity contribution in [3.05, 3.63) is 59.6 Å². The average molecular weight is 518 g/mol. The van der Waals surface area contributed by atoms with Crippen molar-refractivity contribution in [2.45, 2.75) is 13.3 Å². The average Bonchev–Trinajstić information content (AvgIpc) is 3.70. The minimum Gasteiger partial charge on any atom is -0.497 e. The van der Waals surface area contributed by atoms with Crippen molar-refractivity contribution >= 4 is 34.7 Å². The molecule has 2 aliphatic heterocycles. The number of rotatable bonds is 6. The summed E-state index contributed by atoms with van der Waals surface area (Å²) >= 11 is 1.41. The van der Waals surface area contributed by atoms with Crippen LogP contribution in [0.4, 0.5) is 11.5 Å². The van der Waals surface area contributed by atoms with Crippen molar-refractivity contribution in [2.24, 2.45) is 5.92 Å². The summed E-state index contributed by atoms with van der Waals surface area (Å²) in [7, 11) is 1.59. The van der Waals surface area contributed by atoms with Crippen LogP contribution in [0.25, 0.3) is 16.4 Å². The van der Waals surface area contributed by atoms with Gasteiger partial charge in [0, 0.05) is 35.7 Å². The maximum absolute atomic E-state index is 13.2. The third-order valence-electron chi connectivity index (χ3n) is 6.30. The van der Waals surface area contributed by atoms with Gasteiger partial charge in [0.2, 0.25) is 23.7 Å². The van der Waals surface area contributed by atoms with Gasteiger partial charge in [0.1, 0.15) is 11.6 Å². The highest BCUT2D eigenvalue weighted by Crippen LogP contribution is 2.37. The molecule has 2 aliphatic rings. The number of nitrogens with zero attached hydrogens (tertiary/aromatic N) is 4. The van der Waals surface area contributed by atoms with Crippen LogP contribution in [0, 0.1) is 12.8 Å². The lowest BCUT2D eigenvalue weighted by molar-refractivity contribution is -0.122. The summed E-state index contributed by atoms with van der Waals surface area (Å²) in [6, 6.07) is 14.7. The molecule has 0 bridgehead atoms. The minimum atomic E-state index is -0.487. The number of aromatic nitrogens is 3. The molecule has 11 heteroatoms. The fourth-order valence-electron chi connectivity index (χ4n) is 4.41. The second-order valence-electron chi connectivity index (χ2n) is 8.76. The summed E-state index contributed by atoms with van der Waals surface area (Å²) in [6.45, 7) is 2.36. The number of amides is 2. The van der Waals surface area contributed by atoms with Gasteiger partial charge in [0.25, 0.3) is 0 Å². The van der Waals surface area contributed by atoms with Crippen LogP contribution in [0.1, 0.15) is 12.1 Å². The Balaban J connectivity index is 1.19. The smallest absolute Gasteiger partial charge is 0.231 e. The first kappa shape index (κ1) is 23.0. The highest BCUT2D eigenvalue weighted by Gasteiger charge is 2.35. The van der Waals surface area contributed by atoms with Crippen LogP contribution in [-0.2, 0) is 9.59 Å². The second kappa shape index (κ2) is 9.25. The number of carbonyl (C=O) groups is 2. The van der Waals surface area contributed by atoms with Gasteiger partial charge in [0.15, 0.2) is 11.5 Å². The molecule has 6 rings (SSSR count). The van der Waals surface area contributed by atoms with Gasteiger partial charge in [-0.05, 0) is 49.4 Å². The van der Waals surface area contributed by atoms with Gasteiger partial charge < -0.3 is 24.4 Å². The highest BCUT2D eigenvalue weighted by atomic mass is 32.1. The van der Waals surface area contributed by atoms with E-state index in [0.29, 0.717) is 34.7 Å². The highest BCUT2D eigenvalue weighted by molar-refractivity contribution is 7.12. The standard InChI is InChI=1S/C26H23N5O5S/c1-15-9-23(28-25(33)17-11-24(32)30(12-17)18-4-6-19(34-2)7-5-18)31(29-15)26-27-20(13-37-26)16-3-8-21-22(10-16)36-14-35-21/h3-10,13,17H,11-12,14H2,1-2H3,(H,28,33). The van der Waals surface area contributed by atoms with E-state index in [4.69, 9.17) is 19.2 Å². The van der Waals surface area contributed by atoms with Crippen molar-refractivity contribution < 1.29 is 23.8 Å². The number of hydrogen-bond donors (Lipinski definition) is 1. The molecule has 188 valence electrons. The van der Waals surface area contributed by atoms with E-state index >= 15 is 0 Å². The Morgan fingerprint density at radius 3 is 2.76 bits per heavy atom. The number of nitrogens with one attached hydrogen (secondary N) is 1. The summed E-state index contributed by atoms with van der Waals surface area (Å²) in [5.74, 6) is 1.79. The lowest BCUT2D eigenvalue weighted by atomic mass is 10.1. The number of ether oxygens (including phenoxy) is 3. The zero-order valence-electron chi connectivity index (χ0n) is 20.1. The third kappa shape index (κ3) is 4.38. The van der Waals surface area contributed by atoms with Crippen molar-refractivity contribution in [2.75, 3.05) is 30.7 Å². The summed E-state index contributed by atoms with van der Waals surface area (Å²) in [5.41, 5.74) is 3.13. The molecule has 37 heavy (non-hydrogen) atoms. The molecule has 1 fully saturated rings. The van der Waals surface area contributed by atoms with E-state index < -0.39 is 5.92 Å². The molecule has 1 N–H and O–H groups in total. The Hall–Kier alpha value is -4.38. The van der Waals surface area contributed by atoms with E-state index in [1.54, 1.807) is 34.9 Å². The normalized spacial score (nSPS) is 16.3. The Kier molecular flexibility index (Phi) is 5.76. The van der Waals surface area contributed by atoms with Crippen LogP contribution in [0.2, 0.25) is 0 Å². The molecular weight excluding hydrogens is 494 g/mol. The van der Waals surface area contributed by atoms with Gasteiger partial charge in [-0.2, -0.15) is 9.78 Å². The topological polar surface area (TPSA) is 108 Å². The second-order valence-corrected chi connectivity index (χ2v) is 9.60. The van der Waals surface area contributed by atoms with Gasteiger partial charge in [-0.25, -0.2) is 4.98 Å². The molecular formula is C26H23N5O5S. The molecule has 1 saturated heterocycles. The van der Waals surface area contributed by atoms with E-state index in [1.807, 2.05) is 42.6 Å². The number of fused-ring (bicyclic) bond motifs is 1. The molecule has 4 heterocycles. The quantitative estimate of drug-likeness (QED) is 0.411. The summed E-state index contributed by atoms with van der Waals surface area (Å²) in [4.78, 5) is 32.2. The lowest BCUT2D eigenvalue weighted by Crippen LogP contribution is -2.28. The molecule has 2 aromatic carbocycles. The van der Waals surface area contributed by atoms with Crippen LogP contribution in [0.3, 0.4) is 0 Å². The number of carbonyl (C=O) groups excluding carboxylic acids is 2. The monoisotopic (exact) mass is 517 g/mol. The van der Waals surface area contributed by atoms with E-state index in [1.165, 1.54) is 11.3 Å². The molecule has 2 amide bonds. The zero-order chi connectivity index (χ0) is 25.5. The number of thiazole rings is 1. The largest absolute Gasteiger partial charge is 0.497 e. The number of anilines is 2. The molecule has 0 saturated carbocycles. The summed E-state index contributed by atoms with van der Waals surface area (Å²) in [5, 5.41) is 10.0. The van der Waals surface area contributed by atoms with Gasteiger partial charge in [-0.15, -0.1) is 11.3 Å². The van der Waals surface area contributed by atoms with Gasteiger partial charge in [-0.1, -0.05) is 0 Å².